The first-order valence-electron chi connectivity index (χ1n) is 8.96. The molecular formula is C22H22N2O. The number of carbonyl (C=O) groups excluding carboxylic acids is 1. The van der Waals surface area contributed by atoms with E-state index in [-0.39, 0.29) is 11.7 Å². The maximum atomic E-state index is 13.5. The Morgan fingerprint density at radius 3 is 2.44 bits per heavy atom. The third-order valence-electron chi connectivity index (χ3n) is 5.60. The number of hydrogen-bond donors (Lipinski definition) is 0. The van der Waals surface area contributed by atoms with Crippen molar-refractivity contribution < 1.29 is 4.79 Å². The third kappa shape index (κ3) is 2.64. The van der Waals surface area contributed by atoms with E-state index in [9.17, 15) is 4.79 Å². The van der Waals surface area contributed by atoms with E-state index in [2.05, 4.69) is 41.4 Å². The van der Waals surface area contributed by atoms with E-state index in [1.165, 1.54) is 5.56 Å². The van der Waals surface area contributed by atoms with Gasteiger partial charge in [-0.3, -0.25) is 4.79 Å². The molecule has 0 unspecified atom stereocenters. The first-order chi connectivity index (χ1) is 12.2. The SMILES string of the molecule is C/C(=C1/CCC[C@]2(N=NC[C@H]2c2ccccc2)C1=O)c1ccccc1. The van der Waals surface area contributed by atoms with Crippen molar-refractivity contribution in [3.8, 4) is 0 Å². The molecule has 2 aromatic rings. The zero-order valence-corrected chi connectivity index (χ0v) is 14.5. The van der Waals surface area contributed by atoms with E-state index in [4.69, 9.17) is 0 Å². The van der Waals surface area contributed by atoms with Crippen LogP contribution in [0.25, 0.3) is 5.57 Å². The van der Waals surface area contributed by atoms with E-state index < -0.39 is 5.54 Å². The molecule has 0 aromatic heterocycles. The van der Waals surface area contributed by atoms with Crippen LogP contribution in [-0.2, 0) is 4.79 Å². The van der Waals surface area contributed by atoms with Crippen LogP contribution in [0.15, 0.2) is 76.5 Å². The Kier molecular flexibility index (Phi) is 4.08. The standard InChI is InChI=1S/C22H22N2O/c1-16(17-9-4-2-5-10-17)19-13-8-14-22(21(19)25)20(15-23-24-22)18-11-6-3-7-12-18/h2-7,9-12,20H,8,13-15H2,1H3/b19-16+/t20-,22+/m0/s1. The number of azo groups is 1. The smallest absolute Gasteiger partial charge is 0.189 e. The Bertz CT molecular complexity index is 839. The third-order valence-corrected chi connectivity index (χ3v) is 5.60. The van der Waals surface area contributed by atoms with Gasteiger partial charge in [-0.1, -0.05) is 60.7 Å². The maximum Gasteiger partial charge on any atom is 0.189 e. The number of ketones is 1. The van der Waals surface area contributed by atoms with Gasteiger partial charge >= 0.3 is 0 Å². The van der Waals surface area contributed by atoms with Gasteiger partial charge in [0.25, 0.3) is 0 Å². The molecule has 3 heteroatoms. The van der Waals surface area contributed by atoms with Gasteiger partial charge in [0.05, 0.1) is 6.54 Å². The maximum absolute atomic E-state index is 13.5. The van der Waals surface area contributed by atoms with Crippen LogP contribution in [0.2, 0.25) is 0 Å². The van der Waals surface area contributed by atoms with E-state index in [0.717, 1.165) is 36.0 Å². The summed E-state index contributed by atoms with van der Waals surface area (Å²) in [5.41, 5.74) is 3.59. The van der Waals surface area contributed by atoms with Gasteiger partial charge in [-0.25, -0.2) is 0 Å². The minimum absolute atomic E-state index is 0.0556. The summed E-state index contributed by atoms with van der Waals surface area (Å²) in [6, 6.07) is 20.4. The minimum atomic E-state index is -0.703. The van der Waals surface area contributed by atoms with Gasteiger partial charge in [-0.05, 0) is 42.9 Å². The largest absolute Gasteiger partial charge is 0.292 e. The van der Waals surface area contributed by atoms with Crippen molar-refractivity contribution in [1.82, 2.24) is 0 Å². The second-order valence-corrected chi connectivity index (χ2v) is 6.96. The highest BCUT2D eigenvalue weighted by atomic mass is 16.1. The van der Waals surface area contributed by atoms with E-state index in [0.29, 0.717) is 6.54 Å². The molecule has 0 N–H and O–H groups in total. The number of benzene rings is 2. The van der Waals surface area contributed by atoms with Crippen LogP contribution in [0.1, 0.15) is 43.2 Å². The molecule has 1 spiro atoms. The first-order valence-corrected chi connectivity index (χ1v) is 8.96. The number of nitrogens with zero attached hydrogens (tertiary/aromatic N) is 2. The Labute approximate surface area is 148 Å². The second kappa shape index (κ2) is 6.40. The lowest BCUT2D eigenvalue weighted by Gasteiger charge is -2.35. The fraction of sp³-hybridized carbons (Fsp3) is 0.318. The second-order valence-electron chi connectivity index (χ2n) is 6.96. The molecule has 25 heavy (non-hydrogen) atoms. The van der Waals surface area contributed by atoms with Crippen LogP contribution < -0.4 is 0 Å². The van der Waals surface area contributed by atoms with Crippen LogP contribution in [-0.4, -0.2) is 17.9 Å². The molecule has 0 amide bonds. The van der Waals surface area contributed by atoms with Crippen molar-refractivity contribution in [2.75, 3.05) is 6.54 Å². The van der Waals surface area contributed by atoms with Crippen molar-refractivity contribution in [2.24, 2.45) is 10.2 Å². The molecule has 4 rings (SSSR count). The molecule has 0 radical (unpaired) electrons. The number of rotatable bonds is 2. The highest BCUT2D eigenvalue weighted by molar-refractivity contribution is 6.09. The predicted octanol–water partition coefficient (Wildman–Crippen LogP) is 5.20. The summed E-state index contributed by atoms with van der Waals surface area (Å²) in [5, 5.41) is 8.85. The van der Waals surface area contributed by atoms with Gasteiger partial charge in [-0.2, -0.15) is 10.2 Å². The van der Waals surface area contributed by atoms with E-state index in [1.807, 2.05) is 36.4 Å². The summed E-state index contributed by atoms with van der Waals surface area (Å²) in [5.74, 6) is 0.232. The monoisotopic (exact) mass is 330 g/mol. The Hall–Kier alpha value is -2.55. The van der Waals surface area contributed by atoms with Gasteiger partial charge in [0.15, 0.2) is 11.3 Å². The Morgan fingerprint density at radius 1 is 1.04 bits per heavy atom. The zero-order valence-electron chi connectivity index (χ0n) is 14.5. The highest BCUT2D eigenvalue weighted by Crippen LogP contribution is 2.47. The number of hydrogen-bond acceptors (Lipinski definition) is 3. The van der Waals surface area contributed by atoms with Crippen molar-refractivity contribution in [3.05, 3.63) is 77.4 Å². The fourth-order valence-corrected chi connectivity index (χ4v) is 4.21. The normalized spacial score (nSPS) is 27.7. The molecule has 3 nitrogen and oxygen atoms in total. The molecule has 1 heterocycles. The first kappa shape index (κ1) is 15.9. The van der Waals surface area contributed by atoms with Crippen molar-refractivity contribution in [2.45, 2.75) is 37.6 Å². The van der Waals surface area contributed by atoms with Gasteiger partial charge in [0.2, 0.25) is 0 Å². The van der Waals surface area contributed by atoms with Crippen LogP contribution in [0.5, 0.6) is 0 Å². The van der Waals surface area contributed by atoms with Crippen LogP contribution in [0, 0.1) is 0 Å². The lowest BCUT2D eigenvalue weighted by molar-refractivity contribution is -0.122. The number of allylic oxidation sites excluding steroid dienone is 1. The summed E-state index contributed by atoms with van der Waals surface area (Å²) in [6.07, 6.45) is 2.60. The lowest BCUT2D eigenvalue weighted by atomic mass is 9.68. The van der Waals surface area contributed by atoms with Crippen molar-refractivity contribution in [3.63, 3.8) is 0 Å². The molecule has 2 aliphatic rings. The molecule has 1 aliphatic heterocycles. The van der Waals surface area contributed by atoms with Crippen LogP contribution in [0.3, 0.4) is 0 Å². The molecule has 1 fully saturated rings. The quantitative estimate of drug-likeness (QED) is 0.698. The molecule has 2 atom stereocenters. The molecule has 1 aliphatic carbocycles. The number of carbonyl (C=O) groups is 1. The van der Waals surface area contributed by atoms with E-state index in [1.54, 1.807) is 0 Å². The molecular weight excluding hydrogens is 308 g/mol. The van der Waals surface area contributed by atoms with Gasteiger partial charge in [-0.15, -0.1) is 0 Å². The average molecular weight is 330 g/mol. The lowest BCUT2D eigenvalue weighted by Crippen LogP contribution is -2.44. The molecule has 2 aromatic carbocycles. The summed E-state index contributed by atoms with van der Waals surface area (Å²) in [7, 11) is 0. The van der Waals surface area contributed by atoms with Crippen molar-refractivity contribution in [1.29, 1.82) is 0 Å². The van der Waals surface area contributed by atoms with Crippen LogP contribution >= 0.6 is 0 Å². The minimum Gasteiger partial charge on any atom is -0.292 e. The molecule has 126 valence electrons. The van der Waals surface area contributed by atoms with Gasteiger partial charge in [0.1, 0.15) is 0 Å². The Morgan fingerprint density at radius 2 is 1.72 bits per heavy atom. The summed E-state index contributed by atoms with van der Waals surface area (Å²) in [4.78, 5) is 13.5. The topological polar surface area (TPSA) is 41.8 Å². The fourth-order valence-electron chi connectivity index (χ4n) is 4.21. The summed E-state index contributed by atoms with van der Waals surface area (Å²) < 4.78 is 0. The summed E-state index contributed by atoms with van der Waals surface area (Å²) in [6.45, 7) is 2.67. The molecule has 1 saturated carbocycles. The molecule has 0 saturated heterocycles. The summed E-state index contributed by atoms with van der Waals surface area (Å²) >= 11 is 0. The number of Topliss-reactive ketones (excluding diaryl/α,β-unsaturated/α-hetero) is 1. The van der Waals surface area contributed by atoms with E-state index >= 15 is 0 Å². The van der Waals surface area contributed by atoms with Gasteiger partial charge < -0.3 is 0 Å². The van der Waals surface area contributed by atoms with Gasteiger partial charge in [0, 0.05) is 11.5 Å². The highest BCUT2D eigenvalue weighted by Gasteiger charge is 2.52. The zero-order chi connectivity index (χ0) is 17.3. The molecule has 0 bridgehead atoms. The Balaban J connectivity index is 1.76. The average Bonchev–Trinajstić information content (AvgIpc) is 3.09. The van der Waals surface area contributed by atoms with Crippen LogP contribution in [0.4, 0.5) is 0 Å². The van der Waals surface area contributed by atoms with Crippen molar-refractivity contribution >= 4 is 11.4 Å². The predicted molar refractivity (Wildman–Crippen MR) is 99.5 cm³/mol.